The molecule has 0 bridgehead atoms. The summed E-state index contributed by atoms with van der Waals surface area (Å²) in [6.07, 6.45) is 0. The highest BCUT2D eigenvalue weighted by molar-refractivity contribution is 7.22. The summed E-state index contributed by atoms with van der Waals surface area (Å²) in [4.78, 5) is 30.0. The number of amides is 2. The summed E-state index contributed by atoms with van der Waals surface area (Å²) in [6, 6.07) is 22.0. The Hall–Kier alpha value is -3.79. The van der Waals surface area contributed by atoms with Crippen LogP contribution in [0.25, 0.3) is 10.2 Å². The zero-order valence-corrected chi connectivity index (χ0v) is 18.8. The fourth-order valence-electron chi connectivity index (χ4n) is 4.44. The van der Waals surface area contributed by atoms with Crippen LogP contribution in [0.4, 0.5) is 10.8 Å². The fraction of sp³-hybridized carbons (Fsp3) is 0.160. The second-order valence-electron chi connectivity index (χ2n) is 8.27. The number of fused-ring (bicyclic) bond motifs is 4. The van der Waals surface area contributed by atoms with Gasteiger partial charge in [-0.05, 0) is 36.4 Å². The van der Waals surface area contributed by atoms with Crippen LogP contribution in [0.2, 0.25) is 0 Å². The van der Waals surface area contributed by atoms with Gasteiger partial charge < -0.3 is 10.1 Å². The Kier molecular flexibility index (Phi) is 5.21. The highest BCUT2D eigenvalue weighted by Crippen LogP contribution is 2.39. The molecule has 3 atom stereocenters. The van der Waals surface area contributed by atoms with Gasteiger partial charge in [-0.15, -0.1) is 0 Å². The van der Waals surface area contributed by atoms with Gasteiger partial charge in [0.15, 0.2) is 5.13 Å². The molecular weight excluding hydrogens is 450 g/mol. The third kappa shape index (κ3) is 3.79. The minimum absolute atomic E-state index is 0.0116. The molecule has 2 aliphatic heterocycles. The molecule has 4 aromatic rings. The highest BCUT2D eigenvalue weighted by atomic mass is 32.1. The Morgan fingerprint density at radius 2 is 1.79 bits per heavy atom. The number of nitrogens with zero attached hydrogens (tertiary/aromatic N) is 1. The van der Waals surface area contributed by atoms with Crippen LogP contribution in [0.3, 0.4) is 0 Å². The average Bonchev–Trinajstić information content (AvgIpc) is 3.48. The van der Waals surface area contributed by atoms with E-state index < -0.39 is 6.04 Å². The number of anilines is 2. The zero-order valence-electron chi connectivity index (χ0n) is 17.9. The quantitative estimate of drug-likeness (QED) is 0.362. The number of hydrazine groups is 1. The number of carbonyl (C=O) groups excluding carboxylic acids is 2. The van der Waals surface area contributed by atoms with Crippen molar-refractivity contribution < 1.29 is 14.3 Å². The molecule has 0 saturated carbocycles. The minimum Gasteiger partial charge on any atom is -0.493 e. The van der Waals surface area contributed by atoms with Crippen molar-refractivity contribution in [1.29, 1.82) is 0 Å². The van der Waals surface area contributed by atoms with E-state index in [0.29, 0.717) is 28.5 Å². The second kappa shape index (κ2) is 8.53. The molecule has 1 fully saturated rings. The molecule has 170 valence electrons. The minimum atomic E-state index is -0.440. The molecule has 8 nitrogen and oxygen atoms in total. The van der Waals surface area contributed by atoms with E-state index in [9.17, 15) is 9.59 Å². The number of rotatable bonds is 4. The number of nitrogens with one attached hydrogen (secondary N) is 4. The molecule has 4 N–H and O–H groups in total. The number of benzene rings is 3. The van der Waals surface area contributed by atoms with Crippen LogP contribution < -0.4 is 26.2 Å². The predicted octanol–water partition coefficient (Wildman–Crippen LogP) is 3.71. The van der Waals surface area contributed by atoms with Crippen LogP contribution in [-0.2, 0) is 4.79 Å². The topological polar surface area (TPSA) is 104 Å². The first-order valence-electron chi connectivity index (χ1n) is 11.0. The number of carbonyl (C=O) groups is 2. The molecule has 9 heteroatoms. The van der Waals surface area contributed by atoms with E-state index in [-0.39, 0.29) is 23.8 Å². The van der Waals surface area contributed by atoms with Crippen molar-refractivity contribution in [2.45, 2.75) is 12.1 Å². The van der Waals surface area contributed by atoms with Crippen molar-refractivity contribution in [2.75, 3.05) is 17.2 Å². The van der Waals surface area contributed by atoms with E-state index in [2.05, 4.69) is 26.5 Å². The molecule has 3 aromatic carbocycles. The van der Waals surface area contributed by atoms with Crippen LogP contribution >= 0.6 is 11.3 Å². The molecule has 2 amide bonds. The van der Waals surface area contributed by atoms with Gasteiger partial charge in [0.1, 0.15) is 11.8 Å². The maximum atomic E-state index is 13.1. The van der Waals surface area contributed by atoms with Crippen molar-refractivity contribution in [2.24, 2.45) is 5.92 Å². The van der Waals surface area contributed by atoms with Crippen LogP contribution in [0.15, 0.2) is 72.8 Å². The van der Waals surface area contributed by atoms with Gasteiger partial charge >= 0.3 is 0 Å². The molecule has 1 saturated heterocycles. The van der Waals surface area contributed by atoms with E-state index in [1.54, 1.807) is 12.1 Å². The predicted molar refractivity (Wildman–Crippen MR) is 131 cm³/mol. The normalized spacial score (nSPS) is 20.8. The Bertz CT molecular complexity index is 1390. The van der Waals surface area contributed by atoms with E-state index in [1.807, 2.05) is 60.7 Å². The zero-order chi connectivity index (χ0) is 23.1. The van der Waals surface area contributed by atoms with Gasteiger partial charge in [-0.2, -0.15) is 0 Å². The third-order valence-corrected chi connectivity index (χ3v) is 7.08. The molecular formula is C25H21N5O3S. The van der Waals surface area contributed by atoms with Gasteiger partial charge in [0.2, 0.25) is 5.91 Å². The largest absolute Gasteiger partial charge is 0.493 e. The molecule has 0 aliphatic carbocycles. The van der Waals surface area contributed by atoms with Crippen molar-refractivity contribution in [3.8, 4) is 5.75 Å². The summed E-state index contributed by atoms with van der Waals surface area (Å²) in [5.74, 6) is 0.468. The smallest absolute Gasteiger partial charge is 0.257 e. The number of aromatic nitrogens is 1. The highest BCUT2D eigenvalue weighted by Gasteiger charge is 2.44. The summed E-state index contributed by atoms with van der Waals surface area (Å²) in [5, 5.41) is 6.34. The van der Waals surface area contributed by atoms with Gasteiger partial charge in [0, 0.05) is 22.7 Å². The summed E-state index contributed by atoms with van der Waals surface area (Å²) in [5.41, 5.74) is 9.36. The number of hydrogen-bond donors (Lipinski definition) is 4. The molecule has 34 heavy (non-hydrogen) atoms. The molecule has 3 unspecified atom stereocenters. The summed E-state index contributed by atoms with van der Waals surface area (Å²) in [7, 11) is 0. The van der Waals surface area contributed by atoms with Crippen LogP contribution in [-0.4, -0.2) is 29.4 Å². The molecule has 6 rings (SSSR count). The molecule has 0 radical (unpaired) electrons. The Labute approximate surface area is 199 Å². The van der Waals surface area contributed by atoms with Gasteiger partial charge in [0.05, 0.1) is 22.9 Å². The van der Waals surface area contributed by atoms with Crippen molar-refractivity contribution in [1.82, 2.24) is 15.8 Å². The first kappa shape index (κ1) is 20.8. The number of ether oxygens (including phenoxy) is 1. The van der Waals surface area contributed by atoms with Crippen LogP contribution in [0.1, 0.15) is 22.0 Å². The Morgan fingerprint density at radius 1 is 0.971 bits per heavy atom. The fourth-order valence-corrected chi connectivity index (χ4v) is 5.28. The van der Waals surface area contributed by atoms with E-state index >= 15 is 0 Å². The first-order chi connectivity index (χ1) is 16.7. The van der Waals surface area contributed by atoms with Crippen molar-refractivity contribution in [3.63, 3.8) is 0 Å². The van der Waals surface area contributed by atoms with Crippen LogP contribution in [0.5, 0.6) is 5.75 Å². The van der Waals surface area contributed by atoms with E-state index in [1.165, 1.54) is 11.3 Å². The summed E-state index contributed by atoms with van der Waals surface area (Å²) in [6.45, 7) is 0.454. The van der Waals surface area contributed by atoms with Crippen molar-refractivity contribution in [3.05, 3.63) is 83.9 Å². The first-order valence-corrected chi connectivity index (χ1v) is 11.8. The number of para-hydroxylation sites is 1. The standard InChI is InChI=1S/C25H21N5O3S/c31-23(14-6-2-1-3-7-14)28-25-27-18-12-15(10-11-20(18)34-25)26-24(32)22-17-13-33-19-9-5-4-8-16(19)21(17)29-30-22/h1-12,17,21-22,29-30H,13H2,(H,26,32)(H,27,28,31). The van der Waals surface area contributed by atoms with Gasteiger partial charge in [0.25, 0.3) is 5.91 Å². The van der Waals surface area contributed by atoms with Crippen molar-refractivity contribution >= 4 is 44.2 Å². The monoisotopic (exact) mass is 471 g/mol. The number of thiazole rings is 1. The molecule has 2 aliphatic rings. The van der Waals surface area contributed by atoms with Crippen LogP contribution in [0, 0.1) is 5.92 Å². The lowest BCUT2D eigenvalue weighted by Gasteiger charge is -2.29. The lowest BCUT2D eigenvalue weighted by atomic mass is 9.87. The maximum Gasteiger partial charge on any atom is 0.257 e. The maximum absolute atomic E-state index is 13.1. The van der Waals surface area contributed by atoms with Gasteiger partial charge in [-0.25, -0.2) is 15.8 Å². The average molecular weight is 472 g/mol. The Balaban J connectivity index is 1.16. The lowest BCUT2D eigenvalue weighted by Crippen LogP contribution is -2.43. The third-order valence-electron chi connectivity index (χ3n) is 6.13. The summed E-state index contributed by atoms with van der Waals surface area (Å²) >= 11 is 1.39. The molecule has 3 heterocycles. The second-order valence-corrected chi connectivity index (χ2v) is 9.30. The van der Waals surface area contributed by atoms with Gasteiger partial charge in [-0.3, -0.25) is 14.9 Å². The van der Waals surface area contributed by atoms with Gasteiger partial charge in [-0.1, -0.05) is 47.7 Å². The van der Waals surface area contributed by atoms with E-state index in [4.69, 9.17) is 4.74 Å². The Morgan fingerprint density at radius 3 is 2.68 bits per heavy atom. The lowest BCUT2D eigenvalue weighted by molar-refractivity contribution is -0.119. The SMILES string of the molecule is O=C(Nc1nc2cc(NC(=O)C3NNC4c5ccccc5OCC34)ccc2s1)c1ccccc1. The summed E-state index contributed by atoms with van der Waals surface area (Å²) < 4.78 is 6.80. The number of hydrogen-bond acceptors (Lipinski definition) is 7. The van der Waals surface area contributed by atoms with E-state index in [0.717, 1.165) is 16.0 Å². The molecule has 1 aromatic heterocycles. The molecule has 0 spiro atoms.